The van der Waals surface area contributed by atoms with E-state index in [1.165, 1.54) is 16.2 Å². The van der Waals surface area contributed by atoms with Crippen molar-refractivity contribution in [1.82, 2.24) is 4.90 Å². The summed E-state index contributed by atoms with van der Waals surface area (Å²) in [5.41, 5.74) is 3.04. The third-order valence-corrected chi connectivity index (χ3v) is 8.17. The second kappa shape index (κ2) is 7.39. The predicted molar refractivity (Wildman–Crippen MR) is 121 cm³/mol. The quantitative estimate of drug-likeness (QED) is 0.530. The van der Waals surface area contributed by atoms with Crippen LogP contribution in [0.3, 0.4) is 0 Å². The average Bonchev–Trinajstić information content (AvgIpc) is 3.58. The molecular formula is C25H24N2O4S. The number of amides is 2. The molecule has 32 heavy (non-hydrogen) atoms. The molecular weight excluding hydrogens is 424 g/mol. The van der Waals surface area contributed by atoms with E-state index in [2.05, 4.69) is 6.08 Å². The molecule has 4 aliphatic heterocycles. The average molecular weight is 449 g/mol. The second-order valence-corrected chi connectivity index (χ2v) is 9.97. The number of hydrogen-bond acceptors (Lipinski definition) is 6. The van der Waals surface area contributed by atoms with Crippen LogP contribution >= 0.6 is 11.3 Å². The summed E-state index contributed by atoms with van der Waals surface area (Å²) in [6.07, 6.45) is 3.77. The molecule has 5 heterocycles. The van der Waals surface area contributed by atoms with Gasteiger partial charge in [-0.3, -0.25) is 19.3 Å². The number of fused-ring (bicyclic) bond motifs is 5. The fourth-order valence-corrected chi connectivity index (χ4v) is 6.59. The Hall–Kier alpha value is -2.77. The summed E-state index contributed by atoms with van der Waals surface area (Å²) in [5.74, 6) is -1.72. The fraction of sp³-hybridized carbons (Fsp3) is 0.400. The van der Waals surface area contributed by atoms with Crippen molar-refractivity contribution in [2.24, 2.45) is 11.8 Å². The Bertz CT molecular complexity index is 1130. The lowest BCUT2D eigenvalue weighted by molar-refractivity contribution is -0.142. The molecule has 3 saturated heterocycles. The van der Waals surface area contributed by atoms with Crippen LogP contribution < -0.4 is 4.90 Å². The highest BCUT2D eigenvalue weighted by Gasteiger charge is 2.64. The standard InChI is InChI=1S/C25H24N2O4S/c1-14-12-18-20-21(25(30)26(24(20)29)13-15-6-4-10-31-15)22(23(28)19-9-5-11-32-19)27(18)17-8-3-2-7-16(14)17/h2-3,5,7-9,11-12,15,18,20-22H,4,6,10,13H2,1H3/t15-,18+,20-,21+,22+/m0/s1. The molecule has 2 amide bonds. The summed E-state index contributed by atoms with van der Waals surface area (Å²) >= 11 is 1.38. The fourth-order valence-electron chi connectivity index (χ4n) is 5.90. The van der Waals surface area contributed by atoms with E-state index in [-0.39, 0.29) is 36.3 Å². The SMILES string of the molecule is CC1=C[C@@H]2[C@@H]3C(=O)N(C[C@@H]4CCCO4)C(=O)[C@H]3[C@H](C(=O)c3cccs3)N2c2ccccc21. The minimum absolute atomic E-state index is 0.0830. The normalized spacial score (nSPS) is 30.9. The number of carbonyl (C=O) groups excluding carboxylic acids is 3. The molecule has 5 atom stereocenters. The van der Waals surface area contributed by atoms with Crippen LogP contribution in [0.2, 0.25) is 0 Å². The van der Waals surface area contributed by atoms with Crippen molar-refractivity contribution in [3.8, 4) is 0 Å². The first kappa shape index (κ1) is 19.9. The van der Waals surface area contributed by atoms with Crippen LogP contribution in [0, 0.1) is 11.8 Å². The summed E-state index contributed by atoms with van der Waals surface area (Å²) in [4.78, 5) is 45.0. The van der Waals surface area contributed by atoms with Crippen LogP contribution in [0.1, 0.15) is 35.0 Å². The minimum atomic E-state index is -0.694. The minimum Gasteiger partial charge on any atom is -0.376 e. The van der Waals surface area contributed by atoms with Crippen molar-refractivity contribution < 1.29 is 19.1 Å². The molecule has 1 aromatic heterocycles. The number of hydrogen-bond donors (Lipinski definition) is 0. The van der Waals surface area contributed by atoms with Crippen molar-refractivity contribution in [1.29, 1.82) is 0 Å². The number of ketones is 1. The number of likely N-dealkylation sites (tertiary alicyclic amines) is 1. The molecule has 7 heteroatoms. The lowest BCUT2D eigenvalue weighted by Gasteiger charge is -2.38. The number of allylic oxidation sites excluding steroid dienone is 1. The summed E-state index contributed by atoms with van der Waals surface area (Å²) in [6, 6.07) is 10.6. The van der Waals surface area contributed by atoms with Gasteiger partial charge in [0.25, 0.3) is 0 Å². The largest absolute Gasteiger partial charge is 0.376 e. The zero-order valence-corrected chi connectivity index (χ0v) is 18.6. The topological polar surface area (TPSA) is 66.9 Å². The first-order chi connectivity index (χ1) is 15.6. The van der Waals surface area contributed by atoms with Gasteiger partial charge < -0.3 is 9.64 Å². The highest BCUT2D eigenvalue weighted by Crippen LogP contribution is 2.50. The number of thiophene rings is 1. The Morgan fingerprint density at radius 1 is 1.12 bits per heavy atom. The summed E-state index contributed by atoms with van der Waals surface area (Å²) < 4.78 is 5.70. The summed E-state index contributed by atoms with van der Waals surface area (Å²) in [7, 11) is 0. The Morgan fingerprint density at radius 2 is 1.94 bits per heavy atom. The number of anilines is 1. The number of Topliss-reactive ketones (excluding diaryl/α,β-unsaturated/α-hetero) is 1. The van der Waals surface area contributed by atoms with E-state index >= 15 is 0 Å². The Morgan fingerprint density at radius 3 is 2.69 bits per heavy atom. The van der Waals surface area contributed by atoms with E-state index in [9.17, 15) is 14.4 Å². The van der Waals surface area contributed by atoms with Gasteiger partial charge in [0.2, 0.25) is 11.8 Å². The number of carbonyl (C=O) groups is 3. The van der Waals surface area contributed by atoms with Gasteiger partial charge in [0.1, 0.15) is 6.04 Å². The number of para-hydroxylation sites is 1. The Kier molecular flexibility index (Phi) is 4.59. The number of rotatable bonds is 4. The zero-order chi connectivity index (χ0) is 22.0. The van der Waals surface area contributed by atoms with Gasteiger partial charge in [0.05, 0.1) is 35.4 Å². The molecule has 164 valence electrons. The summed E-state index contributed by atoms with van der Waals surface area (Å²) in [6.45, 7) is 2.99. The first-order valence-corrected chi connectivity index (χ1v) is 12.0. The molecule has 6 nitrogen and oxygen atoms in total. The molecule has 0 bridgehead atoms. The van der Waals surface area contributed by atoms with E-state index < -0.39 is 17.9 Å². The third-order valence-electron chi connectivity index (χ3n) is 7.29. The zero-order valence-electron chi connectivity index (χ0n) is 17.8. The molecule has 1 aromatic carbocycles. The molecule has 4 aliphatic rings. The van der Waals surface area contributed by atoms with Gasteiger partial charge in [0, 0.05) is 17.9 Å². The smallest absolute Gasteiger partial charge is 0.235 e. The van der Waals surface area contributed by atoms with Crippen LogP contribution in [-0.4, -0.2) is 53.8 Å². The van der Waals surface area contributed by atoms with E-state index in [0.29, 0.717) is 11.5 Å². The number of imide groups is 1. The first-order valence-electron chi connectivity index (χ1n) is 11.2. The van der Waals surface area contributed by atoms with Gasteiger partial charge >= 0.3 is 0 Å². The maximum atomic E-state index is 13.7. The van der Waals surface area contributed by atoms with Gasteiger partial charge in [-0.05, 0) is 42.9 Å². The van der Waals surface area contributed by atoms with E-state index in [1.54, 1.807) is 6.07 Å². The van der Waals surface area contributed by atoms with Gasteiger partial charge in [-0.25, -0.2) is 0 Å². The number of benzene rings is 1. The van der Waals surface area contributed by atoms with Crippen LogP contribution in [0.25, 0.3) is 5.57 Å². The highest BCUT2D eigenvalue weighted by atomic mass is 32.1. The molecule has 3 fully saturated rings. The Balaban J connectivity index is 1.45. The van der Waals surface area contributed by atoms with E-state index in [1.807, 2.05) is 47.5 Å². The van der Waals surface area contributed by atoms with E-state index in [4.69, 9.17) is 4.74 Å². The number of nitrogens with zero attached hydrogens (tertiary/aromatic N) is 2. The maximum absolute atomic E-state index is 13.7. The van der Waals surface area contributed by atoms with E-state index in [0.717, 1.165) is 29.7 Å². The van der Waals surface area contributed by atoms with Crippen LogP contribution in [0.15, 0.2) is 47.9 Å². The molecule has 6 rings (SSSR count). The predicted octanol–water partition coefficient (Wildman–Crippen LogP) is 3.39. The number of ether oxygens (including phenoxy) is 1. The Labute approximate surface area is 190 Å². The van der Waals surface area contributed by atoms with Crippen molar-refractivity contribution in [3.05, 3.63) is 58.3 Å². The molecule has 0 radical (unpaired) electrons. The third kappa shape index (κ3) is 2.77. The van der Waals surface area contributed by atoms with Gasteiger partial charge in [-0.1, -0.05) is 30.3 Å². The lowest BCUT2D eigenvalue weighted by Crippen LogP contribution is -2.49. The monoisotopic (exact) mass is 448 g/mol. The van der Waals surface area contributed by atoms with Crippen molar-refractivity contribution in [2.45, 2.75) is 38.0 Å². The molecule has 0 spiro atoms. The van der Waals surface area contributed by atoms with Crippen LogP contribution in [0.4, 0.5) is 5.69 Å². The van der Waals surface area contributed by atoms with Gasteiger partial charge in [-0.15, -0.1) is 11.3 Å². The van der Waals surface area contributed by atoms with Crippen LogP contribution in [-0.2, 0) is 14.3 Å². The second-order valence-electron chi connectivity index (χ2n) is 9.02. The molecule has 0 N–H and O–H groups in total. The highest BCUT2D eigenvalue weighted by molar-refractivity contribution is 7.12. The van der Waals surface area contributed by atoms with Gasteiger partial charge in [0.15, 0.2) is 5.78 Å². The molecule has 0 aliphatic carbocycles. The van der Waals surface area contributed by atoms with Crippen molar-refractivity contribution >= 4 is 40.2 Å². The maximum Gasteiger partial charge on any atom is 0.235 e. The molecule has 0 unspecified atom stereocenters. The lowest BCUT2D eigenvalue weighted by atomic mass is 9.86. The summed E-state index contributed by atoms with van der Waals surface area (Å²) in [5, 5.41) is 1.87. The van der Waals surface area contributed by atoms with Crippen molar-refractivity contribution in [2.75, 3.05) is 18.1 Å². The van der Waals surface area contributed by atoms with Crippen molar-refractivity contribution in [3.63, 3.8) is 0 Å². The molecule has 2 aromatic rings. The van der Waals surface area contributed by atoms with Crippen LogP contribution in [0.5, 0.6) is 0 Å². The molecule has 0 saturated carbocycles. The van der Waals surface area contributed by atoms with Gasteiger partial charge in [-0.2, -0.15) is 0 Å².